The molecule has 2 rings (SSSR count). The van der Waals surface area contributed by atoms with Crippen LogP contribution in [0.2, 0.25) is 0 Å². The third-order valence-corrected chi connectivity index (χ3v) is 2.81. The molecule has 0 amide bonds. The Labute approximate surface area is 90.2 Å². The lowest BCUT2D eigenvalue weighted by Gasteiger charge is -2.25. The standard InChI is InChI=1S/C13H16FN/c14-10-12-6-8-15(9-7-12)11-13-4-2-1-3-5-13/h1-6H,7-11H2. The maximum Gasteiger partial charge on any atom is 0.111 e. The summed E-state index contributed by atoms with van der Waals surface area (Å²) in [6, 6.07) is 10.4. The Balaban J connectivity index is 1.90. The van der Waals surface area contributed by atoms with Gasteiger partial charge in [-0.25, -0.2) is 4.39 Å². The minimum absolute atomic E-state index is 0.279. The van der Waals surface area contributed by atoms with Crippen molar-refractivity contribution in [3.63, 3.8) is 0 Å². The molecule has 0 radical (unpaired) electrons. The first-order valence-electron chi connectivity index (χ1n) is 5.38. The Kier molecular flexibility index (Phi) is 3.51. The van der Waals surface area contributed by atoms with Crippen molar-refractivity contribution in [1.29, 1.82) is 0 Å². The molecular formula is C13H16FN. The molecule has 0 aliphatic carbocycles. The highest BCUT2D eigenvalue weighted by atomic mass is 19.1. The number of rotatable bonds is 3. The minimum atomic E-state index is -0.279. The zero-order chi connectivity index (χ0) is 10.5. The van der Waals surface area contributed by atoms with E-state index in [2.05, 4.69) is 29.2 Å². The highest BCUT2D eigenvalue weighted by Gasteiger charge is 2.11. The van der Waals surface area contributed by atoms with Crippen molar-refractivity contribution in [2.24, 2.45) is 0 Å². The fourth-order valence-electron chi connectivity index (χ4n) is 1.86. The lowest BCUT2D eigenvalue weighted by atomic mass is 10.1. The average Bonchev–Trinajstić information content (AvgIpc) is 2.31. The maximum atomic E-state index is 12.3. The van der Waals surface area contributed by atoms with Gasteiger partial charge in [0, 0.05) is 19.6 Å². The van der Waals surface area contributed by atoms with Crippen molar-refractivity contribution >= 4 is 0 Å². The monoisotopic (exact) mass is 205 g/mol. The second-order valence-corrected chi connectivity index (χ2v) is 3.97. The lowest BCUT2D eigenvalue weighted by molar-refractivity contribution is 0.281. The van der Waals surface area contributed by atoms with Crippen molar-refractivity contribution in [2.75, 3.05) is 19.8 Å². The van der Waals surface area contributed by atoms with Gasteiger partial charge in [-0.15, -0.1) is 0 Å². The Morgan fingerprint density at radius 3 is 2.60 bits per heavy atom. The summed E-state index contributed by atoms with van der Waals surface area (Å²) in [5, 5.41) is 0. The average molecular weight is 205 g/mol. The van der Waals surface area contributed by atoms with Gasteiger partial charge in [0.2, 0.25) is 0 Å². The first-order chi connectivity index (χ1) is 7.38. The predicted molar refractivity (Wildman–Crippen MR) is 60.4 cm³/mol. The molecule has 1 heterocycles. The molecule has 0 saturated heterocycles. The molecule has 0 unspecified atom stereocenters. The number of alkyl halides is 1. The Morgan fingerprint density at radius 1 is 1.20 bits per heavy atom. The van der Waals surface area contributed by atoms with Crippen molar-refractivity contribution in [1.82, 2.24) is 4.90 Å². The van der Waals surface area contributed by atoms with Crippen molar-refractivity contribution in [3.8, 4) is 0 Å². The second-order valence-electron chi connectivity index (χ2n) is 3.97. The maximum absolute atomic E-state index is 12.3. The molecule has 1 aliphatic rings. The molecule has 15 heavy (non-hydrogen) atoms. The quantitative estimate of drug-likeness (QED) is 0.686. The molecule has 0 bridgehead atoms. The summed E-state index contributed by atoms with van der Waals surface area (Å²) in [7, 11) is 0. The number of benzene rings is 1. The number of nitrogens with zero attached hydrogens (tertiary/aromatic N) is 1. The Bertz CT molecular complexity index is 332. The van der Waals surface area contributed by atoms with Crippen LogP contribution in [0, 0.1) is 0 Å². The van der Waals surface area contributed by atoms with Crippen LogP contribution in [0.4, 0.5) is 4.39 Å². The van der Waals surface area contributed by atoms with E-state index >= 15 is 0 Å². The topological polar surface area (TPSA) is 3.24 Å². The summed E-state index contributed by atoms with van der Waals surface area (Å²) in [6.45, 7) is 2.55. The zero-order valence-corrected chi connectivity index (χ0v) is 8.82. The fourth-order valence-corrected chi connectivity index (χ4v) is 1.86. The molecule has 1 aromatic rings. The second kappa shape index (κ2) is 5.08. The van der Waals surface area contributed by atoms with Crippen LogP contribution >= 0.6 is 0 Å². The predicted octanol–water partition coefficient (Wildman–Crippen LogP) is 2.79. The van der Waals surface area contributed by atoms with Crippen LogP contribution in [0.25, 0.3) is 0 Å². The van der Waals surface area contributed by atoms with Gasteiger partial charge in [0.1, 0.15) is 6.67 Å². The van der Waals surface area contributed by atoms with Crippen LogP contribution in [0.5, 0.6) is 0 Å². The first kappa shape index (κ1) is 10.4. The molecule has 0 spiro atoms. The van der Waals surface area contributed by atoms with E-state index in [-0.39, 0.29) is 6.67 Å². The minimum Gasteiger partial charge on any atom is -0.295 e. The summed E-state index contributed by atoms with van der Waals surface area (Å²) < 4.78 is 12.3. The fraction of sp³-hybridized carbons (Fsp3) is 0.385. The SMILES string of the molecule is FCC1=CCN(Cc2ccccc2)CC1. The molecule has 0 fully saturated rings. The van der Waals surface area contributed by atoms with Crippen molar-refractivity contribution < 1.29 is 4.39 Å². The molecule has 1 nitrogen and oxygen atoms in total. The number of hydrogen-bond acceptors (Lipinski definition) is 1. The van der Waals surface area contributed by atoms with Gasteiger partial charge >= 0.3 is 0 Å². The van der Waals surface area contributed by atoms with E-state index in [4.69, 9.17) is 0 Å². The van der Waals surface area contributed by atoms with E-state index in [1.165, 1.54) is 5.56 Å². The van der Waals surface area contributed by atoms with Crippen LogP contribution in [-0.4, -0.2) is 24.7 Å². The van der Waals surface area contributed by atoms with Crippen LogP contribution in [0.15, 0.2) is 42.0 Å². The molecule has 0 N–H and O–H groups in total. The molecule has 2 heteroatoms. The highest BCUT2D eigenvalue weighted by molar-refractivity contribution is 5.15. The van der Waals surface area contributed by atoms with Crippen molar-refractivity contribution in [2.45, 2.75) is 13.0 Å². The van der Waals surface area contributed by atoms with E-state index in [0.29, 0.717) is 0 Å². The molecule has 1 aliphatic heterocycles. The zero-order valence-electron chi connectivity index (χ0n) is 8.82. The van der Waals surface area contributed by atoms with Crippen LogP contribution in [0.1, 0.15) is 12.0 Å². The van der Waals surface area contributed by atoms with Gasteiger partial charge in [-0.2, -0.15) is 0 Å². The van der Waals surface area contributed by atoms with Gasteiger partial charge < -0.3 is 0 Å². The van der Waals surface area contributed by atoms with E-state index in [9.17, 15) is 4.39 Å². The molecule has 0 saturated carbocycles. The Morgan fingerprint density at radius 2 is 2.00 bits per heavy atom. The summed E-state index contributed by atoms with van der Waals surface area (Å²) in [5.74, 6) is 0. The molecule has 0 aromatic heterocycles. The molecule has 80 valence electrons. The van der Waals surface area contributed by atoms with E-state index in [1.807, 2.05) is 12.1 Å². The van der Waals surface area contributed by atoms with Crippen LogP contribution in [0.3, 0.4) is 0 Å². The lowest BCUT2D eigenvalue weighted by Crippen LogP contribution is -2.28. The van der Waals surface area contributed by atoms with Crippen LogP contribution in [-0.2, 0) is 6.54 Å². The van der Waals surface area contributed by atoms with E-state index in [0.717, 1.165) is 31.6 Å². The van der Waals surface area contributed by atoms with Gasteiger partial charge in [-0.1, -0.05) is 36.4 Å². The van der Waals surface area contributed by atoms with Gasteiger partial charge in [0.05, 0.1) is 0 Å². The van der Waals surface area contributed by atoms with Gasteiger partial charge in [0.25, 0.3) is 0 Å². The number of hydrogen-bond donors (Lipinski definition) is 0. The smallest absolute Gasteiger partial charge is 0.111 e. The normalized spacial score (nSPS) is 17.5. The largest absolute Gasteiger partial charge is 0.295 e. The van der Waals surface area contributed by atoms with Gasteiger partial charge in [-0.3, -0.25) is 4.90 Å². The van der Waals surface area contributed by atoms with E-state index in [1.54, 1.807) is 0 Å². The summed E-state index contributed by atoms with van der Waals surface area (Å²) >= 11 is 0. The first-order valence-corrected chi connectivity index (χ1v) is 5.38. The molecule has 1 aromatic carbocycles. The summed E-state index contributed by atoms with van der Waals surface area (Å²) in [5.41, 5.74) is 2.29. The molecule has 0 atom stereocenters. The third kappa shape index (κ3) is 2.90. The van der Waals surface area contributed by atoms with Gasteiger partial charge in [-0.05, 0) is 17.6 Å². The highest BCUT2D eigenvalue weighted by Crippen LogP contribution is 2.13. The van der Waals surface area contributed by atoms with Crippen molar-refractivity contribution in [3.05, 3.63) is 47.5 Å². The number of halogens is 1. The third-order valence-electron chi connectivity index (χ3n) is 2.81. The van der Waals surface area contributed by atoms with E-state index < -0.39 is 0 Å². The van der Waals surface area contributed by atoms with Gasteiger partial charge in [0.15, 0.2) is 0 Å². The summed E-state index contributed by atoms with van der Waals surface area (Å²) in [4.78, 5) is 2.34. The summed E-state index contributed by atoms with van der Waals surface area (Å²) in [6.07, 6.45) is 2.90. The van der Waals surface area contributed by atoms with Crippen LogP contribution < -0.4 is 0 Å². The Hall–Kier alpha value is -1.15. The molecular weight excluding hydrogens is 189 g/mol.